The average molecular weight is 435 g/mol. The molecule has 0 fully saturated rings. The molecule has 0 N–H and O–H groups in total. The van der Waals surface area contributed by atoms with E-state index < -0.39 is 0 Å². The van der Waals surface area contributed by atoms with Gasteiger partial charge in [0, 0.05) is 41.4 Å². The van der Waals surface area contributed by atoms with Crippen LogP contribution in [0.25, 0.3) is 0 Å². The van der Waals surface area contributed by atoms with Crippen molar-refractivity contribution in [3.63, 3.8) is 0 Å². The molecule has 0 unspecified atom stereocenters. The van der Waals surface area contributed by atoms with Crippen LogP contribution in [0.4, 0.5) is 11.4 Å². The molecule has 0 bridgehead atoms. The number of likely N-dealkylation sites (N-methyl/N-ethyl adjacent to an activating group) is 1. The third kappa shape index (κ3) is 4.03. The fourth-order valence-corrected chi connectivity index (χ4v) is 4.31. The number of carbonyl (C=O) groups is 2. The summed E-state index contributed by atoms with van der Waals surface area (Å²) in [6, 6.07) is 14.7. The van der Waals surface area contributed by atoms with Crippen molar-refractivity contribution in [1.29, 1.82) is 0 Å². The van der Waals surface area contributed by atoms with Crippen molar-refractivity contribution in [2.45, 2.75) is 32.2 Å². The lowest BCUT2D eigenvalue weighted by Gasteiger charge is -2.40. The van der Waals surface area contributed by atoms with E-state index in [9.17, 15) is 9.59 Å². The highest BCUT2D eigenvalue weighted by atomic mass is 35.5. The van der Waals surface area contributed by atoms with Gasteiger partial charge >= 0.3 is 0 Å². The minimum atomic E-state index is -0.349. The van der Waals surface area contributed by atoms with E-state index in [1.807, 2.05) is 50.2 Å². The van der Waals surface area contributed by atoms with Crippen LogP contribution in [-0.4, -0.2) is 34.4 Å². The molecule has 0 aliphatic carbocycles. The molecular weight excluding hydrogens is 412 g/mol. The predicted octanol–water partition coefficient (Wildman–Crippen LogP) is 4.71. The molecule has 7 heteroatoms. The van der Waals surface area contributed by atoms with Crippen molar-refractivity contribution >= 4 is 34.8 Å². The summed E-state index contributed by atoms with van der Waals surface area (Å²) >= 11 is 6.02. The minimum absolute atomic E-state index is 0.0132. The van der Waals surface area contributed by atoms with Gasteiger partial charge in [-0.25, -0.2) is 9.97 Å². The van der Waals surface area contributed by atoms with E-state index in [2.05, 4.69) is 9.97 Å². The van der Waals surface area contributed by atoms with Gasteiger partial charge in [0.25, 0.3) is 5.91 Å². The number of amides is 2. The van der Waals surface area contributed by atoms with Crippen LogP contribution in [0, 0.1) is 0 Å². The summed E-state index contributed by atoms with van der Waals surface area (Å²) in [5.74, 6) is -0.506. The second kappa shape index (κ2) is 8.86. The second-order valence-corrected chi connectivity index (χ2v) is 7.99. The predicted molar refractivity (Wildman–Crippen MR) is 122 cm³/mol. The molecule has 2 aromatic carbocycles. The van der Waals surface area contributed by atoms with E-state index >= 15 is 0 Å². The summed E-state index contributed by atoms with van der Waals surface area (Å²) in [6.45, 7) is 4.46. The van der Waals surface area contributed by atoms with E-state index in [1.165, 1.54) is 18.7 Å². The molecule has 0 saturated heterocycles. The van der Waals surface area contributed by atoms with Gasteiger partial charge in [0.2, 0.25) is 5.91 Å². The summed E-state index contributed by atoms with van der Waals surface area (Å²) in [4.78, 5) is 38.3. The quantitative estimate of drug-likeness (QED) is 0.596. The fourth-order valence-electron chi connectivity index (χ4n) is 4.18. The summed E-state index contributed by atoms with van der Waals surface area (Å²) < 4.78 is 0. The molecule has 2 amide bonds. The molecule has 0 spiro atoms. The monoisotopic (exact) mass is 434 g/mol. The van der Waals surface area contributed by atoms with Gasteiger partial charge in [-0.3, -0.25) is 9.59 Å². The highest BCUT2D eigenvalue weighted by Crippen LogP contribution is 2.40. The Hall–Kier alpha value is -3.25. The Morgan fingerprint density at radius 1 is 1.10 bits per heavy atom. The maximum atomic E-state index is 13.6. The highest BCUT2D eigenvalue weighted by molar-refractivity contribution is 6.30. The lowest BCUT2D eigenvalue weighted by atomic mass is 9.84. The average Bonchev–Trinajstić information content (AvgIpc) is 2.80. The number of nitrogens with zero attached hydrogens (tertiary/aromatic N) is 4. The van der Waals surface area contributed by atoms with Crippen molar-refractivity contribution in [3.05, 3.63) is 83.4 Å². The first-order valence-electron chi connectivity index (χ1n) is 10.3. The van der Waals surface area contributed by atoms with Crippen molar-refractivity contribution in [2.24, 2.45) is 0 Å². The van der Waals surface area contributed by atoms with Crippen LogP contribution in [0.15, 0.2) is 67.3 Å². The van der Waals surface area contributed by atoms with Gasteiger partial charge in [0.1, 0.15) is 6.33 Å². The van der Waals surface area contributed by atoms with Crippen LogP contribution in [0.2, 0.25) is 5.02 Å². The maximum absolute atomic E-state index is 13.6. The van der Waals surface area contributed by atoms with Gasteiger partial charge in [-0.05, 0) is 56.2 Å². The first kappa shape index (κ1) is 21.0. The van der Waals surface area contributed by atoms with Gasteiger partial charge < -0.3 is 9.80 Å². The van der Waals surface area contributed by atoms with Gasteiger partial charge in [-0.1, -0.05) is 29.8 Å². The fraction of sp³-hybridized carbons (Fsp3) is 0.250. The van der Waals surface area contributed by atoms with Crippen molar-refractivity contribution in [1.82, 2.24) is 9.97 Å². The Balaban J connectivity index is 1.70. The van der Waals surface area contributed by atoms with Gasteiger partial charge in [-0.15, -0.1) is 0 Å². The number of para-hydroxylation sites is 1. The van der Waals surface area contributed by atoms with E-state index in [0.29, 0.717) is 23.6 Å². The van der Waals surface area contributed by atoms with Crippen molar-refractivity contribution < 1.29 is 9.59 Å². The number of hydrogen-bond acceptors (Lipinski definition) is 4. The minimum Gasteiger partial charge on any atom is -0.312 e. The van der Waals surface area contributed by atoms with Gasteiger partial charge in [-0.2, -0.15) is 0 Å². The zero-order valence-electron chi connectivity index (χ0n) is 17.4. The molecule has 4 rings (SSSR count). The van der Waals surface area contributed by atoms with Crippen LogP contribution < -0.4 is 9.80 Å². The standard InChI is InChI=1S/C24H23ClN4O2/c1-3-28(19-10-8-18(25)9-11-19)24(31)21-12-16(2)29(22-7-5-4-6-20(21)22)23(30)17-13-26-15-27-14-17/h4-11,13-16,21H,3,12H2,1-2H3/t16-,21-/m0/s1. The third-order valence-corrected chi connectivity index (χ3v) is 5.89. The first-order chi connectivity index (χ1) is 15.0. The molecule has 1 aromatic heterocycles. The molecule has 0 radical (unpaired) electrons. The van der Waals surface area contributed by atoms with Crippen LogP contribution in [0.5, 0.6) is 0 Å². The molecule has 2 atom stereocenters. The van der Waals surface area contributed by atoms with Crippen molar-refractivity contribution in [3.8, 4) is 0 Å². The molecule has 3 aromatic rings. The zero-order valence-corrected chi connectivity index (χ0v) is 18.2. The summed E-state index contributed by atoms with van der Waals surface area (Å²) in [7, 11) is 0. The first-order valence-corrected chi connectivity index (χ1v) is 10.6. The molecule has 158 valence electrons. The van der Waals surface area contributed by atoms with Gasteiger partial charge in [0.05, 0.1) is 11.5 Å². The number of fused-ring (bicyclic) bond motifs is 1. The van der Waals surface area contributed by atoms with Gasteiger partial charge in [0.15, 0.2) is 0 Å². The maximum Gasteiger partial charge on any atom is 0.261 e. The second-order valence-electron chi connectivity index (χ2n) is 7.56. The summed E-state index contributed by atoms with van der Waals surface area (Å²) in [5.41, 5.74) is 2.83. The Morgan fingerprint density at radius 2 is 1.77 bits per heavy atom. The Kier molecular flexibility index (Phi) is 6.00. The van der Waals surface area contributed by atoms with Crippen molar-refractivity contribution in [2.75, 3.05) is 16.3 Å². The molecule has 1 aliphatic heterocycles. The van der Waals surface area contributed by atoms with Crippen LogP contribution in [0.3, 0.4) is 0 Å². The lowest BCUT2D eigenvalue weighted by Crippen LogP contribution is -2.46. The van der Waals surface area contributed by atoms with E-state index in [-0.39, 0.29) is 23.8 Å². The smallest absolute Gasteiger partial charge is 0.261 e. The molecule has 0 saturated carbocycles. The number of halogens is 1. The van der Waals surface area contributed by atoms with Crippen LogP contribution >= 0.6 is 11.6 Å². The number of hydrogen-bond donors (Lipinski definition) is 0. The molecule has 2 heterocycles. The SMILES string of the molecule is CCN(C(=O)[C@H]1C[C@H](C)N(C(=O)c2cncnc2)c2ccccc21)c1ccc(Cl)cc1. The molecular formula is C24H23ClN4O2. The molecule has 31 heavy (non-hydrogen) atoms. The lowest BCUT2D eigenvalue weighted by molar-refractivity contribution is -0.120. The highest BCUT2D eigenvalue weighted by Gasteiger charge is 2.38. The largest absolute Gasteiger partial charge is 0.312 e. The zero-order chi connectivity index (χ0) is 22.0. The summed E-state index contributed by atoms with van der Waals surface area (Å²) in [6.07, 6.45) is 4.96. The Bertz CT molecular complexity index is 1090. The van der Waals surface area contributed by atoms with E-state index in [0.717, 1.165) is 16.9 Å². The number of aromatic nitrogens is 2. The number of carbonyl (C=O) groups excluding carboxylic acids is 2. The number of benzene rings is 2. The van der Waals surface area contributed by atoms with Crippen LogP contribution in [0.1, 0.15) is 42.1 Å². The number of anilines is 2. The molecule has 1 aliphatic rings. The van der Waals surface area contributed by atoms with E-state index in [4.69, 9.17) is 11.6 Å². The number of rotatable bonds is 4. The normalized spacial score (nSPS) is 17.7. The Morgan fingerprint density at radius 3 is 2.45 bits per heavy atom. The van der Waals surface area contributed by atoms with Crippen LogP contribution in [-0.2, 0) is 4.79 Å². The van der Waals surface area contributed by atoms with E-state index in [1.54, 1.807) is 21.9 Å². The summed E-state index contributed by atoms with van der Waals surface area (Å²) in [5, 5.41) is 0.628. The third-order valence-electron chi connectivity index (χ3n) is 5.63. The molecule has 6 nitrogen and oxygen atoms in total. The topological polar surface area (TPSA) is 66.4 Å². The Labute approximate surface area is 186 Å².